The van der Waals surface area contributed by atoms with Crippen LogP contribution < -0.4 is 0 Å². The van der Waals surface area contributed by atoms with E-state index in [0.717, 1.165) is 12.2 Å². The van der Waals surface area contributed by atoms with Crippen molar-refractivity contribution in [1.29, 1.82) is 0 Å². The zero-order valence-electron chi connectivity index (χ0n) is 5.07. The van der Waals surface area contributed by atoms with Gasteiger partial charge < -0.3 is 10.2 Å². The first-order valence-electron chi connectivity index (χ1n) is 2.72. The van der Waals surface area contributed by atoms with E-state index in [1.54, 1.807) is 0 Å². The third-order valence-corrected chi connectivity index (χ3v) is 1.36. The number of aliphatic hydroxyl groups is 1. The van der Waals surface area contributed by atoms with E-state index in [1.807, 2.05) is 0 Å². The van der Waals surface area contributed by atoms with Crippen molar-refractivity contribution in [3.63, 3.8) is 0 Å². The van der Waals surface area contributed by atoms with Crippen LogP contribution in [-0.2, 0) is 9.59 Å². The molecular formula is C6H6O4. The molecule has 0 aromatic carbocycles. The highest BCUT2D eigenvalue weighted by Crippen LogP contribution is 2.19. The highest BCUT2D eigenvalue weighted by atomic mass is 16.4. The van der Waals surface area contributed by atoms with Crippen LogP contribution in [0.25, 0.3) is 0 Å². The second-order valence-corrected chi connectivity index (χ2v) is 2.21. The molecule has 0 bridgehead atoms. The van der Waals surface area contributed by atoms with Gasteiger partial charge in [0.05, 0.1) is 6.42 Å². The zero-order chi connectivity index (χ0) is 7.78. The van der Waals surface area contributed by atoms with Gasteiger partial charge in [0, 0.05) is 0 Å². The minimum Gasteiger partial charge on any atom is -0.479 e. The van der Waals surface area contributed by atoms with E-state index < -0.39 is 11.6 Å². The van der Waals surface area contributed by atoms with Crippen molar-refractivity contribution >= 4 is 11.8 Å². The number of aliphatic carboxylic acids is 1. The topological polar surface area (TPSA) is 74.6 Å². The van der Waals surface area contributed by atoms with Crippen molar-refractivity contribution in [3.8, 4) is 0 Å². The summed E-state index contributed by atoms with van der Waals surface area (Å²) < 4.78 is 0. The molecule has 0 radical (unpaired) electrons. The quantitative estimate of drug-likeness (QED) is 0.509. The van der Waals surface area contributed by atoms with Gasteiger partial charge in [-0.1, -0.05) is 0 Å². The molecule has 0 saturated carbocycles. The average molecular weight is 142 g/mol. The predicted octanol–water partition coefficient (Wildman–Crippen LogP) is -0.669. The molecule has 54 valence electrons. The van der Waals surface area contributed by atoms with Crippen LogP contribution in [0.1, 0.15) is 6.42 Å². The maximum atomic E-state index is 10.5. The third-order valence-electron chi connectivity index (χ3n) is 1.36. The summed E-state index contributed by atoms with van der Waals surface area (Å²) in [7, 11) is 0. The fraction of sp³-hybridized carbons (Fsp3) is 0.333. The second-order valence-electron chi connectivity index (χ2n) is 2.21. The largest absolute Gasteiger partial charge is 0.479 e. The van der Waals surface area contributed by atoms with Gasteiger partial charge in [-0.05, 0) is 12.2 Å². The van der Waals surface area contributed by atoms with Crippen LogP contribution in [0.15, 0.2) is 12.2 Å². The summed E-state index contributed by atoms with van der Waals surface area (Å²) in [6.45, 7) is 0. The van der Waals surface area contributed by atoms with Gasteiger partial charge in [0.2, 0.25) is 0 Å². The molecule has 10 heavy (non-hydrogen) atoms. The molecular weight excluding hydrogens is 136 g/mol. The Bertz CT molecular complexity index is 218. The van der Waals surface area contributed by atoms with Crippen LogP contribution in [0.2, 0.25) is 0 Å². The first-order chi connectivity index (χ1) is 4.54. The van der Waals surface area contributed by atoms with Crippen LogP contribution in [0.4, 0.5) is 0 Å². The smallest absolute Gasteiger partial charge is 0.340 e. The molecule has 0 heterocycles. The summed E-state index contributed by atoms with van der Waals surface area (Å²) >= 11 is 0. The molecule has 1 aliphatic carbocycles. The van der Waals surface area contributed by atoms with Gasteiger partial charge in [-0.25, -0.2) is 4.79 Å². The van der Waals surface area contributed by atoms with Crippen molar-refractivity contribution in [3.05, 3.63) is 12.2 Å². The molecule has 1 aliphatic rings. The number of hydrogen-bond acceptors (Lipinski definition) is 3. The molecule has 1 unspecified atom stereocenters. The monoisotopic (exact) mass is 142 g/mol. The lowest BCUT2D eigenvalue weighted by molar-refractivity contribution is -0.154. The molecule has 0 fully saturated rings. The van der Waals surface area contributed by atoms with Gasteiger partial charge in [-0.3, -0.25) is 4.79 Å². The standard InChI is InChI=1S/C6H6O4/c7-4-1-2-6(10,3-4)5(8)9/h1-2,10H,3H2,(H,8,9). The number of rotatable bonds is 1. The second kappa shape index (κ2) is 1.91. The Morgan fingerprint density at radius 3 is 2.50 bits per heavy atom. The van der Waals surface area contributed by atoms with Crippen molar-refractivity contribution in [2.24, 2.45) is 0 Å². The van der Waals surface area contributed by atoms with Crippen LogP contribution in [0.3, 0.4) is 0 Å². The highest BCUT2D eigenvalue weighted by Gasteiger charge is 2.38. The maximum Gasteiger partial charge on any atom is 0.340 e. The van der Waals surface area contributed by atoms with Crippen LogP contribution in [0, 0.1) is 0 Å². The first-order valence-corrected chi connectivity index (χ1v) is 2.72. The summed E-state index contributed by atoms with van der Waals surface area (Å²) in [4.78, 5) is 20.7. The van der Waals surface area contributed by atoms with E-state index >= 15 is 0 Å². The number of allylic oxidation sites excluding steroid dienone is 1. The predicted molar refractivity (Wildman–Crippen MR) is 31.3 cm³/mol. The fourth-order valence-electron chi connectivity index (χ4n) is 0.761. The fourth-order valence-corrected chi connectivity index (χ4v) is 0.761. The van der Waals surface area contributed by atoms with Gasteiger partial charge in [-0.15, -0.1) is 0 Å². The number of ketones is 1. The van der Waals surface area contributed by atoms with Gasteiger partial charge in [-0.2, -0.15) is 0 Å². The number of carbonyl (C=O) groups excluding carboxylic acids is 1. The van der Waals surface area contributed by atoms with Crippen molar-refractivity contribution in [2.75, 3.05) is 0 Å². The van der Waals surface area contributed by atoms with Gasteiger partial charge in [0.25, 0.3) is 0 Å². The lowest BCUT2D eigenvalue weighted by Crippen LogP contribution is -2.34. The van der Waals surface area contributed by atoms with Gasteiger partial charge >= 0.3 is 5.97 Å². The highest BCUT2D eigenvalue weighted by molar-refractivity contribution is 6.00. The molecule has 1 atom stereocenters. The van der Waals surface area contributed by atoms with Gasteiger partial charge in [0.15, 0.2) is 11.4 Å². The minimum absolute atomic E-state index is 0.345. The van der Waals surface area contributed by atoms with Crippen molar-refractivity contribution in [1.82, 2.24) is 0 Å². The molecule has 0 amide bonds. The summed E-state index contributed by atoms with van der Waals surface area (Å²) in [5.74, 6) is -1.74. The van der Waals surface area contributed by atoms with E-state index in [0.29, 0.717) is 0 Å². The lowest BCUT2D eigenvalue weighted by Gasteiger charge is -2.11. The van der Waals surface area contributed by atoms with E-state index in [4.69, 9.17) is 10.2 Å². The van der Waals surface area contributed by atoms with E-state index in [1.165, 1.54) is 0 Å². The van der Waals surface area contributed by atoms with Crippen LogP contribution in [0.5, 0.6) is 0 Å². The van der Waals surface area contributed by atoms with Crippen LogP contribution >= 0.6 is 0 Å². The van der Waals surface area contributed by atoms with Crippen molar-refractivity contribution in [2.45, 2.75) is 12.0 Å². The molecule has 0 saturated heterocycles. The third kappa shape index (κ3) is 0.930. The Kier molecular flexibility index (Phi) is 1.33. The number of hydrogen-bond donors (Lipinski definition) is 2. The minimum atomic E-state index is -1.95. The molecule has 1 rings (SSSR count). The van der Waals surface area contributed by atoms with Crippen molar-refractivity contribution < 1.29 is 19.8 Å². The SMILES string of the molecule is O=C1C=CC(O)(C(=O)O)C1. The average Bonchev–Trinajstić information content (AvgIpc) is 2.13. The van der Waals surface area contributed by atoms with E-state index in [-0.39, 0.29) is 12.2 Å². The summed E-state index contributed by atoms with van der Waals surface area (Å²) in [6.07, 6.45) is 1.73. The maximum absolute atomic E-state index is 10.5. The zero-order valence-corrected chi connectivity index (χ0v) is 5.07. The Labute approximate surface area is 56.8 Å². The molecule has 4 heteroatoms. The summed E-state index contributed by atoms with van der Waals surface area (Å²) in [5, 5.41) is 17.4. The molecule has 0 aromatic heterocycles. The molecule has 0 aliphatic heterocycles. The molecule has 2 N–H and O–H groups in total. The molecule has 4 nitrogen and oxygen atoms in total. The number of carboxylic acids is 1. The normalized spacial score (nSPS) is 31.1. The number of carboxylic acid groups (broad SMARTS) is 1. The summed E-state index contributed by atoms with van der Waals surface area (Å²) in [6, 6.07) is 0. The van der Waals surface area contributed by atoms with Gasteiger partial charge in [0.1, 0.15) is 0 Å². The Morgan fingerprint density at radius 2 is 2.30 bits per heavy atom. The van der Waals surface area contributed by atoms with Crippen LogP contribution in [-0.4, -0.2) is 27.6 Å². The summed E-state index contributed by atoms with van der Waals surface area (Å²) in [5.41, 5.74) is -1.95. The molecule has 0 aromatic rings. The Morgan fingerprint density at radius 1 is 1.70 bits per heavy atom. The number of carbonyl (C=O) groups is 2. The Balaban J connectivity index is 2.84. The lowest BCUT2D eigenvalue weighted by atomic mass is 10.1. The van der Waals surface area contributed by atoms with E-state index in [2.05, 4.69) is 0 Å². The molecule has 0 spiro atoms. The van der Waals surface area contributed by atoms with E-state index in [9.17, 15) is 9.59 Å². The Hall–Kier alpha value is -1.16. The first kappa shape index (κ1) is 6.95.